The maximum atomic E-state index is 10.3. The molecule has 1 aromatic rings. The van der Waals surface area contributed by atoms with Crippen LogP contribution in [0.4, 0.5) is 0 Å². The molecule has 0 radical (unpaired) electrons. The summed E-state index contributed by atoms with van der Waals surface area (Å²) in [6.45, 7) is 0. The Bertz CT molecular complexity index is 524. The zero-order valence-electron chi connectivity index (χ0n) is 12.5. The summed E-state index contributed by atoms with van der Waals surface area (Å²) in [5.41, 5.74) is 0.577. The standard InChI is InChI=1S/C8H6Cl2O2.C8H15NO/c9-6-2-1-5(3-8(11)12)7(10)4-6;1-9-6-2-3-7(9)5-8(10)4-6/h1-2,4H,3H2,(H,11,12);6-8,10H,2-5H2,1H3/t;6-,7+,8?. The van der Waals surface area contributed by atoms with Crippen molar-refractivity contribution in [3.05, 3.63) is 33.8 Å². The maximum absolute atomic E-state index is 10.3. The van der Waals surface area contributed by atoms with E-state index < -0.39 is 5.97 Å². The first-order valence-electron chi connectivity index (χ1n) is 7.42. The first-order valence-corrected chi connectivity index (χ1v) is 8.18. The number of nitrogens with zero attached hydrogens (tertiary/aromatic N) is 1. The molecule has 1 unspecified atom stereocenters. The van der Waals surface area contributed by atoms with Gasteiger partial charge >= 0.3 is 5.97 Å². The van der Waals surface area contributed by atoms with Crippen LogP contribution in [0, 0.1) is 0 Å². The van der Waals surface area contributed by atoms with Gasteiger partial charge in [-0.05, 0) is 50.4 Å². The third-order valence-corrected chi connectivity index (χ3v) is 5.02. The van der Waals surface area contributed by atoms with Crippen molar-refractivity contribution in [2.24, 2.45) is 0 Å². The van der Waals surface area contributed by atoms with Gasteiger partial charge in [0, 0.05) is 22.1 Å². The Labute approximate surface area is 140 Å². The number of rotatable bonds is 2. The quantitative estimate of drug-likeness (QED) is 0.863. The number of hydrogen-bond donors (Lipinski definition) is 2. The molecular formula is C16H21Cl2NO3. The van der Waals surface area contributed by atoms with Crippen molar-refractivity contribution in [1.82, 2.24) is 4.90 Å². The van der Waals surface area contributed by atoms with E-state index in [-0.39, 0.29) is 12.5 Å². The SMILES string of the molecule is CN1[C@@H]2CC[C@H]1CC(O)C2.O=C(O)Cc1ccc(Cl)cc1Cl. The van der Waals surface area contributed by atoms with Crippen LogP contribution in [0.15, 0.2) is 18.2 Å². The molecule has 4 nitrogen and oxygen atoms in total. The molecule has 2 aliphatic rings. The minimum absolute atomic E-state index is 0.00583. The minimum atomic E-state index is -0.903. The van der Waals surface area contributed by atoms with Gasteiger partial charge in [-0.3, -0.25) is 4.79 Å². The van der Waals surface area contributed by atoms with E-state index in [9.17, 15) is 9.90 Å². The molecular weight excluding hydrogens is 325 g/mol. The van der Waals surface area contributed by atoms with Gasteiger partial charge in [0.1, 0.15) is 0 Å². The summed E-state index contributed by atoms with van der Waals surface area (Å²) in [7, 11) is 2.19. The molecule has 0 spiro atoms. The number of carboxylic acid groups (broad SMARTS) is 1. The first kappa shape index (κ1) is 17.5. The van der Waals surface area contributed by atoms with Gasteiger partial charge in [-0.25, -0.2) is 0 Å². The summed E-state index contributed by atoms with van der Waals surface area (Å²) < 4.78 is 0. The van der Waals surface area contributed by atoms with Crippen LogP contribution in [0.1, 0.15) is 31.2 Å². The van der Waals surface area contributed by atoms with Crippen LogP contribution in [0.25, 0.3) is 0 Å². The van der Waals surface area contributed by atoms with Crippen molar-refractivity contribution in [2.45, 2.75) is 50.3 Å². The van der Waals surface area contributed by atoms with Crippen molar-refractivity contribution in [3.8, 4) is 0 Å². The van der Waals surface area contributed by atoms with Gasteiger partial charge in [0.25, 0.3) is 0 Å². The van der Waals surface area contributed by atoms with E-state index in [1.165, 1.54) is 18.9 Å². The molecule has 6 heteroatoms. The van der Waals surface area contributed by atoms with Crippen LogP contribution in [-0.2, 0) is 11.2 Å². The molecule has 0 aromatic heterocycles. The van der Waals surface area contributed by atoms with E-state index in [1.807, 2.05) is 0 Å². The summed E-state index contributed by atoms with van der Waals surface area (Å²) in [5, 5.41) is 18.8. The van der Waals surface area contributed by atoms with Gasteiger partial charge < -0.3 is 15.1 Å². The number of aliphatic carboxylic acids is 1. The van der Waals surface area contributed by atoms with Gasteiger partial charge in [0.2, 0.25) is 0 Å². The fourth-order valence-electron chi connectivity index (χ4n) is 3.21. The Morgan fingerprint density at radius 3 is 2.36 bits per heavy atom. The van der Waals surface area contributed by atoms with Gasteiger partial charge in [-0.1, -0.05) is 29.3 Å². The number of halogens is 2. The molecule has 3 atom stereocenters. The number of aliphatic hydroxyl groups is 1. The maximum Gasteiger partial charge on any atom is 0.307 e. The summed E-state index contributed by atoms with van der Waals surface area (Å²) >= 11 is 11.3. The predicted octanol–water partition coefficient (Wildman–Crippen LogP) is 3.22. The lowest BCUT2D eigenvalue weighted by Gasteiger charge is -2.33. The number of hydrogen-bond acceptors (Lipinski definition) is 3. The lowest BCUT2D eigenvalue weighted by molar-refractivity contribution is -0.136. The fourth-order valence-corrected chi connectivity index (χ4v) is 3.69. The van der Waals surface area contributed by atoms with Gasteiger partial charge in [-0.2, -0.15) is 0 Å². The Morgan fingerprint density at radius 1 is 1.27 bits per heavy atom. The molecule has 2 fully saturated rings. The Kier molecular flexibility index (Phi) is 6.09. The minimum Gasteiger partial charge on any atom is -0.481 e. The highest BCUT2D eigenvalue weighted by Gasteiger charge is 2.37. The average molecular weight is 346 g/mol. The molecule has 2 N–H and O–H groups in total. The van der Waals surface area contributed by atoms with Crippen molar-refractivity contribution < 1.29 is 15.0 Å². The number of fused-ring (bicyclic) bond motifs is 2. The molecule has 1 aromatic carbocycles. The van der Waals surface area contributed by atoms with Gasteiger partial charge in [0.15, 0.2) is 0 Å². The van der Waals surface area contributed by atoms with Gasteiger partial charge in [-0.15, -0.1) is 0 Å². The second-order valence-electron chi connectivity index (χ2n) is 5.98. The van der Waals surface area contributed by atoms with Crippen molar-refractivity contribution >= 4 is 29.2 Å². The molecule has 122 valence electrons. The van der Waals surface area contributed by atoms with Crippen LogP contribution in [-0.4, -0.2) is 46.3 Å². The average Bonchev–Trinajstić information content (AvgIpc) is 2.65. The zero-order valence-corrected chi connectivity index (χ0v) is 14.0. The summed E-state index contributed by atoms with van der Waals surface area (Å²) in [6.07, 6.45) is 4.54. The summed E-state index contributed by atoms with van der Waals surface area (Å²) in [4.78, 5) is 12.8. The van der Waals surface area contributed by atoms with E-state index >= 15 is 0 Å². The Hall–Kier alpha value is -0.810. The third kappa shape index (κ3) is 4.59. The molecule has 3 rings (SSSR count). The molecule has 2 aliphatic heterocycles. The second kappa shape index (κ2) is 7.64. The van der Waals surface area contributed by atoms with Crippen LogP contribution in [0.2, 0.25) is 10.0 Å². The van der Waals surface area contributed by atoms with E-state index in [4.69, 9.17) is 28.3 Å². The van der Waals surface area contributed by atoms with Crippen LogP contribution < -0.4 is 0 Å². The van der Waals surface area contributed by atoms with E-state index in [2.05, 4.69) is 11.9 Å². The molecule has 0 saturated carbocycles. The number of carboxylic acids is 1. The number of piperidine rings is 1. The normalized spacial score (nSPS) is 27.2. The zero-order chi connectivity index (χ0) is 16.3. The van der Waals surface area contributed by atoms with Crippen LogP contribution >= 0.6 is 23.2 Å². The van der Waals surface area contributed by atoms with E-state index in [1.54, 1.807) is 12.1 Å². The topological polar surface area (TPSA) is 60.8 Å². The largest absolute Gasteiger partial charge is 0.481 e. The van der Waals surface area contributed by atoms with E-state index in [0.29, 0.717) is 27.7 Å². The monoisotopic (exact) mass is 345 g/mol. The van der Waals surface area contributed by atoms with Gasteiger partial charge in [0.05, 0.1) is 12.5 Å². The number of benzene rings is 1. The van der Waals surface area contributed by atoms with Crippen LogP contribution in [0.5, 0.6) is 0 Å². The Balaban J connectivity index is 0.000000162. The second-order valence-corrected chi connectivity index (χ2v) is 6.83. The highest BCUT2D eigenvalue weighted by atomic mass is 35.5. The first-order chi connectivity index (χ1) is 10.4. The number of carbonyl (C=O) groups is 1. The fraction of sp³-hybridized carbons (Fsp3) is 0.562. The summed E-state index contributed by atoms with van der Waals surface area (Å²) in [6, 6.07) is 6.13. The number of aliphatic hydroxyl groups excluding tert-OH is 1. The molecule has 0 aliphatic carbocycles. The molecule has 2 bridgehead atoms. The molecule has 2 heterocycles. The lowest BCUT2D eigenvalue weighted by atomic mass is 10.0. The predicted molar refractivity (Wildman–Crippen MR) is 87.6 cm³/mol. The van der Waals surface area contributed by atoms with E-state index in [0.717, 1.165) is 12.8 Å². The lowest BCUT2D eigenvalue weighted by Crippen LogP contribution is -2.41. The highest BCUT2D eigenvalue weighted by molar-refractivity contribution is 6.35. The van der Waals surface area contributed by atoms with Crippen molar-refractivity contribution in [3.63, 3.8) is 0 Å². The summed E-state index contributed by atoms with van der Waals surface area (Å²) in [5.74, 6) is -0.903. The van der Waals surface area contributed by atoms with Crippen molar-refractivity contribution in [1.29, 1.82) is 0 Å². The smallest absolute Gasteiger partial charge is 0.307 e. The van der Waals surface area contributed by atoms with Crippen molar-refractivity contribution in [2.75, 3.05) is 7.05 Å². The molecule has 0 amide bonds. The third-order valence-electron chi connectivity index (χ3n) is 4.43. The Morgan fingerprint density at radius 2 is 1.86 bits per heavy atom. The highest BCUT2D eigenvalue weighted by Crippen LogP contribution is 2.33. The van der Waals surface area contributed by atoms with Crippen LogP contribution in [0.3, 0.4) is 0 Å². The molecule has 2 saturated heterocycles. The molecule has 22 heavy (non-hydrogen) atoms.